The molecular formula is C21H22N2O4. The van der Waals surface area contributed by atoms with Gasteiger partial charge in [0.1, 0.15) is 0 Å². The number of fused-ring (bicyclic) bond motifs is 2. The van der Waals surface area contributed by atoms with Gasteiger partial charge in [0.05, 0.1) is 25.2 Å². The summed E-state index contributed by atoms with van der Waals surface area (Å²) in [6.07, 6.45) is 0.616. The van der Waals surface area contributed by atoms with Gasteiger partial charge in [-0.05, 0) is 30.2 Å². The molecule has 0 N–H and O–H groups in total. The summed E-state index contributed by atoms with van der Waals surface area (Å²) in [5.74, 6) is 0.833. The summed E-state index contributed by atoms with van der Waals surface area (Å²) in [6.45, 7) is 0.888. The highest BCUT2D eigenvalue weighted by Crippen LogP contribution is 2.47. The summed E-state index contributed by atoms with van der Waals surface area (Å²) in [4.78, 5) is 29.7. The molecule has 0 bridgehead atoms. The number of nitrogens with zero attached hydrogens (tertiary/aromatic N) is 2. The third-order valence-electron chi connectivity index (χ3n) is 5.68. The predicted molar refractivity (Wildman–Crippen MR) is 102 cm³/mol. The molecule has 6 nitrogen and oxygen atoms in total. The largest absolute Gasteiger partial charge is 0.493 e. The molecule has 4 rings (SSSR count). The summed E-state index contributed by atoms with van der Waals surface area (Å²) >= 11 is 0. The average Bonchev–Trinajstić information content (AvgIpc) is 3.25. The van der Waals surface area contributed by atoms with E-state index in [-0.39, 0.29) is 11.8 Å². The topological polar surface area (TPSA) is 59.1 Å². The molecule has 0 radical (unpaired) electrons. The van der Waals surface area contributed by atoms with Crippen molar-refractivity contribution in [1.29, 1.82) is 0 Å². The molecule has 2 amide bonds. The third-order valence-corrected chi connectivity index (χ3v) is 5.68. The number of ether oxygens (including phenoxy) is 2. The molecule has 140 valence electrons. The van der Waals surface area contributed by atoms with Gasteiger partial charge in [-0.1, -0.05) is 24.3 Å². The molecule has 0 aliphatic carbocycles. The van der Waals surface area contributed by atoms with Gasteiger partial charge in [-0.25, -0.2) is 0 Å². The third kappa shape index (κ3) is 2.40. The van der Waals surface area contributed by atoms with Crippen molar-refractivity contribution in [3.05, 3.63) is 53.6 Å². The molecule has 2 heterocycles. The molecule has 2 aromatic carbocycles. The number of rotatable bonds is 3. The fourth-order valence-corrected chi connectivity index (χ4v) is 4.32. The molecular weight excluding hydrogens is 344 g/mol. The Morgan fingerprint density at radius 2 is 1.85 bits per heavy atom. The van der Waals surface area contributed by atoms with Crippen LogP contribution in [0.3, 0.4) is 0 Å². The SMILES string of the molecule is COc1cccc(C(=O)N2CC[C@]3(C2)C(=O)N(C)c2ccccc23)c1OC. The average molecular weight is 366 g/mol. The fraction of sp³-hybridized carbons (Fsp3) is 0.333. The maximum Gasteiger partial charge on any atom is 0.257 e. The summed E-state index contributed by atoms with van der Waals surface area (Å²) in [7, 11) is 4.86. The highest BCUT2D eigenvalue weighted by atomic mass is 16.5. The van der Waals surface area contributed by atoms with E-state index in [9.17, 15) is 9.59 Å². The van der Waals surface area contributed by atoms with Crippen molar-refractivity contribution in [2.75, 3.05) is 39.3 Å². The first-order chi connectivity index (χ1) is 13.0. The fourth-order valence-electron chi connectivity index (χ4n) is 4.32. The first-order valence-corrected chi connectivity index (χ1v) is 8.91. The van der Waals surface area contributed by atoms with Crippen LogP contribution in [0.1, 0.15) is 22.3 Å². The van der Waals surface area contributed by atoms with Gasteiger partial charge in [-0.2, -0.15) is 0 Å². The van der Waals surface area contributed by atoms with Gasteiger partial charge in [0.25, 0.3) is 5.91 Å². The summed E-state index contributed by atoms with van der Waals surface area (Å²) in [6, 6.07) is 13.1. The molecule has 6 heteroatoms. The highest BCUT2D eigenvalue weighted by Gasteiger charge is 2.54. The molecule has 2 aliphatic rings. The minimum atomic E-state index is -0.660. The number of carbonyl (C=O) groups excluding carboxylic acids is 2. The van der Waals surface area contributed by atoms with Gasteiger partial charge in [0, 0.05) is 25.8 Å². The van der Waals surface area contributed by atoms with Crippen LogP contribution < -0.4 is 14.4 Å². The number of hydrogen-bond donors (Lipinski definition) is 0. The smallest absolute Gasteiger partial charge is 0.257 e. The van der Waals surface area contributed by atoms with Gasteiger partial charge in [0.2, 0.25) is 5.91 Å². The quantitative estimate of drug-likeness (QED) is 0.837. The molecule has 0 aromatic heterocycles. The first kappa shape index (κ1) is 17.4. The van der Waals surface area contributed by atoms with E-state index < -0.39 is 5.41 Å². The van der Waals surface area contributed by atoms with Crippen molar-refractivity contribution in [1.82, 2.24) is 4.90 Å². The van der Waals surface area contributed by atoms with Crippen molar-refractivity contribution >= 4 is 17.5 Å². The zero-order chi connectivity index (χ0) is 19.2. The lowest BCUT2D eigenvalue weighted by molar-refractivity contribution is -0.122. The van der Waals surface area contributed by atoms with E-state index in [0.29, 0.717) is 36.6 Å². The Kier molecular flexibility index (Phi) is 4.06. The van der Waals surface area contributed by atoms with Crippen molar-refractivity contribution in [2.24, 2.45) is 0 Å². The molecule has 2 aliphatic heterocycles. The van der Waals surface area contributed by atoms with Crippen LogP contribution in [0, 0.1) is 0 Å². The van der Waals surface area contributed by atoms with Gasteiger partial charge >= 0.3 is 0 Å². The number of likely N-dealkylation sites (N-methyl/N-ethyl adjacent to an activating group) is 1. The number of methoxy groups -OCH3 is 2. The summed E-state index contributed by atoms with van der Waals surface area (Å²) in [5.41, 5.74) is 1.72. The van der Waals surface area contributed by atoms with E-state index in [4.69, 9.17) is 9.47 Å². The van der Waals surface area contributed by atoms with Gasteiger partial charge in [-0.3, -0.25) is 9.59 Å². The van der Waals surface area contributed by atoms with Gasteiger partial charge in [-0.15, -0.1) is 0 Å². The maximum atomic E-state index is 13.2. The molecule has 0 unspecified atom stereocenters. The normalized spacial score (nSPS) is 20.9. The molecule has 1 spiro atoms. The van der Waals surface area contributed by atoms with E-state index >= 15 is 0 Å². The lowest BCUT2D eigenvalue weighted by Gasteiger charge is -2.24. The number of hydrogen-bond acceptors (Lipinski definition) is 4. The van der Waals surface area contributed by atoms with E-state index in [1.165, 1.54) is 7.11 Å². The lowest BCUT2D eigenvalue weighted by Crippen LogP contribution is -2.42. The van der Waals surface area contributed by atoms with Crippen LogP contribution in [-0.4, -0.2) is 51.1 Å². The van der Waals surface area contributed by atoms with Crippen LogP contribution in [-0.2, 0) is 10.2 Å². The van der Waals surface area contributed by atoms with E-state index in [1.54, 1.807) is 42.2 Å². The van der Waals surface area contributed by atoms with Crippen LogP contribution in [0.2, 0.25) is 0 Å². The Labute approximate surface area is 158 Å². The van der Waals surface area contributed by atoms with Crippen LogP contribution in [0.15, 0.2) is 42.5 Å². The van der Waals surface area contributed by atoms with Crippen molar-refractivity contribution in [3.63, 3.8) is 0 Å². The Bertz CT molecular complexity index is 926. The van der Waals surface area contributed by atoms with E-state index in [2.05, 4.69) is 0 Å². The maximum absolute atomic E-state index is 13.2. The lowest BCUT2D eigenvalue weighted by atomic mass is 9.81. The van der Waals surface area contributed by atoms with Gasteiger partial charge in [0.15, 0.2) is 11.5 Å². The number of amides is 2. The van der Waals surface area contributed by atoms with Crippen LogP contribution in [0.4, 0.5) is 5.69 Å². The minimum Gasteiger partial charge on any atom is -0.493 e. The number of benzene rings is 2. The number of para-hydroxylation sites is 2. The number of anilines is 1. The van der Waals surface area contributed by atoms with Crippen molar-refractivity contribution in [3.8, 4) is 11.5 Å². The second-order valence-corrected chi connectivity index (χ2v) is 6.98. The van der Waals surface area contributed by atoms with E-state index in [1.807, 2.05) is 24.3 Å². The van der Waals surface area contributed by atoms with Crippen molar-refractivity contribution in [2.45, 2.75) is 11.8 Å². The molecule has 2 aromatic rings. The standard InChI is InChI=1S/C21H22N2O4/c1-22-16-9-5-4-8-15(16)21(20(22)25)11-12-23(13-21)19(24)14-7-6-10-17(26-2)18(14)27-3/h4-10H,11-13H2,1-3H3/t21-/m1/s1. The Hall–Kier alpha value is -3.02. The van der Waals surface area contributed by atoms with E-state index in [0.717, 1.165) is 11.3 Å². The molecule has 1 fully saturated rings. The van der Waals surface area contributed by atoms with Crippen LogP contribution >= 0.6 is 0 Å². The van der Waals surface area contributed by atoms with Crippen LogP contribution in [0.25, 0.3) is 0 Å². The molecule has 1 atom stereocenters. The Balaban J connectivity index is 1.68. The predicted octanol–water partition coefficient (Wildman–Crippen LogP) is 2.46. The molecule has 0 saturated carbocycles. The van der Waals surface area contributed by atoms with Crippen molar-refractivity contribution < 1.29 is 19.1 Å². The highest BCUT2D eigenvalue weighted by molar-refractivity contribution is 6.09. The monoisotopic (exact) mass is 366 g/mol. The summed E-state index contributed by atoms with van der Waals surface area (Å²) in [5, 5.41) is 0. The minimum absolute atomic E-state index is 0.0524. The molecule has 27 heavy (non-hydrogen) atoms. The second-order valence-electron chi connectivity index (χ2n) is 6.98. The number of likely N-dealkylation sites (tertiary alicyclic amines) is 1. The first-order valence-electron chi connectivity index (χ1n) is 8.91. The molecule has 1 saturated heterocycles. The zero-order valence-electron chi connectivity index (χ0n) is 15.7. The number of carbonyl (C=O) groups is 2. The Morgan fingerprint density at radius 1 is 1.07 bits per heavy atom. The van der Waals surface area contributed by atoms with Crippen LogP contribution in [0.5, 0.6) is 11.5 Å². The second kappa shape index (κ2) is 6.30. The van der Waals surface area contributed by atoms with Gasteiger partial charge < -0.3 is 19.3 Å². The summed E-state index contributed by atoms with van der Waals surface area (Å²) < 4.78 is 10.7. The Morgan fingerprint density at radius 3 is 2.59 bits per heavy atom. The zero-order valence-corrected chi connectivity index (χ0v) is 15.7.